The van der Waals surface area contributed by atoms with E-state index >= 15 is 0 Å². The fourth-order valence-corrected chi connectivity index (χ4v) is 2.07. The van der Waals surface area contributed by atoms with Gasteiger partial charge in [0.1, 0.15) is 12.4 Å². The zero-order valence-corrected chi connectivity index (χ0v) is 11.9. The van der Waals surface area contributed by atoms with Gasteiger partial charge in [0.2, 0.25) is 0 Å². The van der Waals surface area contributed by atoms with Gasteiger partial charge >= 0.3 is 0 Å². The van der Waals surface area contributed by atoms with Crippen LogP contribution in [0.5, 0.6) is 5.75 Å². The number of nitrogens with zero attached hydrogens (tertiary/aromatic N) is 1. The van der Waals surface area contributed by atoms with E-state index in [1.165, 1.54) is 6.07 Å². The summed E-state index contributed by atoms with van der Waals surface area (Å²) in [4.78, 5) is 10.5. The van der Waals surface area contributed by atoms with Gasteiger partial charge in [-0.3, -0.25) is 10.1 Å². The van der Waals surface area contributed by atoms with Gasteiger partial charge in [0, 0.05) is 12.1 Å². The standard InChI is InChI=1S/C16H18N2O3/c1-12(17)10-13-6-8-15(9-7-13)21-11-14-4-2-3-5-16(14)18(19)20/h2-9,12H,10-11,17H2,1H3. The minimum Gasteiger partial charge on any atom is -0.489 e. The highest BCUT2D eigenvalue weighted by Gasteiger charge is 2.12. The molecule has 2 rings (SSSR count). The number of nitro benzene ring substituents is 1. The Morgan fingerprint density at radius 1 is 1.19 bits per heavy atom. The second-order valence-corrected chi connectivity index (χ2v) is 5.00. The molecule has 2 N–H and O–H groups in total. The molecule has 2 aromatic rings. The van der Waals surface area contributed by atoms with Gasteiger partial charge in [0.05, 0.1) is 10.5 Å². The summed E-state index contributed by atoms with van der Waals surface area (Å²) < 4.78 is 5.61. The quantitative estimate of drug-likeness (QED) is 0.654. The topological polar surface area (TPSA) is 78.4 Å². The van der Waals surface area contributed by atoms with Gasteiger partial charge in [0.15, 0.2) is 0 Å². The van der Waals surface area contributed by atoms with Gasteiger partial charge in [-0.2, -0.15) is 0 Å². The number of para-hydroxylation sites is 1. The molecule has 21 heavy (non-hydrogen) atoms. The van der Waals surface area contributed by atoms with Crippen LogP contribution in [0.4, 0.5) is 5.69 Å². The zero-order chi connectivity index (χ0) is 15.2. The molecule has 1 atom stereocenters. The number of nitro groups is 1. The van der Waals surface area contributed by atoms with Crippen LogP contribution in [0.3, 0.4) is 0 Å². The molecule has 2 aromatic carbocycles. The minimum atomic E-state index is -0.398. The first-order chi connectivity index (χ1) is 10.1. The molecule has 0 aliphatic carbocycles. The van der Waals surface area contributed by atoms with Crippen LogP contribution in [0.25, 0.3) is 0 Å². The van der Waals surface area contributed by atoms with Crippen LogP contribution >= 0.6 is 0 Å². The molecule has 0 saturated heterocycles. The van der Waals surface area contributed by atoms with Crippen molar-refractivity contribution >= 4 is 5.69 Å². The van der Waals surface area contributed by atoms with Crippen LogP contribution in [0.15, 0.2) is 48.5 Å². The molecule has 0 heterocycles. The van der Waals surface area contributed by atoms with Crippen LogP contribution < -0.4 is 10.5 Å². The first-order valence-corrected chi connectivity index (χ1v) is 6.76. The summed E-state index contributed by atoms with van der Waals surface area (Å²) >= 11 is 0. The average Bonchev–Trinajstić information content (AvgIpc) is 2.46. The van der Waals surface area contributed by atoms with Crippen molar-refractivity contribution in [2.45, 2.75) is 26.0 Å². The summed E-state index contributed by atoms with van der Waals surface area (Å²) in [6.45, 7) is 2.13. The van der Waals surface area contributed by atoms with Gasteiger partial charge in [-0.1, -0.05) is 24.3 Å². The van der Waals surface area contributed by atoms with Crippen molar-refractivity contribution in [1.82, 2.24) is 0 Å². The maximum atomic E-state index is 10.9. The predicted octanol–water partition coefficient (Wildman–Crippen LogP) is 3.06. The molecule has 0 aromatic heterocycles. The monoisotopic (exact) mass is 286 g/mol. The molecule has 0 aliphatic heterocycles. The van der Waals surface area contributed by atoms with Crippen LogP contribution in [0.2, 0.25) is 0 Å². The van der Waals surface area contributed by atoms with Gasteiger partial charge in [-0.05, 0) is 37.1 Å². The summed E-state index contributed by atoms with van der Waals surface area (Å²) in [5, 5.41) is 10.9. The highest BCUT2D eigenvalue weighted by molar-refractivity contribution is 5.39. The highest BCUT2D eigenvalue weighted by atomic mass is 16.6. The second-order valence-electron chi connectivity index (χ2n) is 5.00. The summed E-state index contributed by atoms with van der Waals surface area (Å²) in [5.74, 6) is 0.682. The lowest BCUT2D eigenvalue weighted by Crippen LogP contribution is -2.17. The third kappa shape index (κ3) is 4.29. The number of ether oxygens (including phenoxy) is 1. The molecule has 5 nitrogen and oxygen atoms in total. The first kappa shape index (κ1) is 15.0. The second kappa shape index (κ2) is 6.85. The molecular weight excluding hydrogens is 268 g/mol. The van der Waals surface area contributed by atoms with E-state index in [1.54, 1.807) is 18.2 Å². The van der Waals surface area contributed by atoms with E-state index in [-0.39, 0.29) is 18.3 Å². The molecule has 0 bridgehead atoms. The van der Waals surface area contributed by atoms with E-state index < -0.39 is 4.92 Å². The summed E-state index contributed by atoms with van der Waals surface area (Å²) in [7, 11) is 0. The molecule has 0 radical (unpaired) electrons. The SMILES string of the molecule is CC(N)Cc1ccc(OCc2ccccc2[N+](=O)[O-])cc1. The largest absolute Gasteiger partial charge is 0.489 e. The Morgan fingerprint density at radius 2 is 1.86 bits per heavy atom. The normalized spacial score (nSPS) is 11.9. The van der Waals surface area contributed by atoms with Gasteiger partial charge in [-0.15, -0.1) is 0 Å². The smallest absolute Gasteiger partial charge is 0.276 e. The van der Waals surface area contributed by atoms with E-state index in [1.807, 2.05) is 31.2 Å². The zero-order valence-electron chi connectivity index (χ0n) is 11.9. The van der Waals surface area contributed by atoms with E-state index in [4.69, 9.17) is 10.5 Å². The van der Waals surface area contributed by atoms with Crippen LogP contribution in [-0.4, -0.2) is 11.0 Å². The maximum absolute atomic E-state index is 10.9. The summed E-state index contributed by atoms with van der Waals surface area (Å²) in [6, 6.07) is 14.3. The lowest BCUT2D eigenvalue weighted by atomic mass is 10.1. The van der Waals surface area contributed by atoms with Gasteiger partial charge in [0.25, 0.3) is 5.69 Å². The van der Waals surface area contributed by atoms with Crippen molar-refractivity contribution in [3.05, 3.63) is 69.8 Å². The fourth-order valence-electron chi connectivity index (χ4n) is 2.07. The van der Waals surface area contributed by atoms with Crippen molar-refractivity contribution in [2.24, 2.45) is 5.73 Å². The Labute approximate surface area is 123 Å². The summed E-state index contributed by atoms with van der Waals surface area (Å²) in [6.07, 6.45) is 0.810. The molecule has 0 amide bonds. The third-order valence-electron chi connectivity index (χ3n) is 3.06. The molecule has 5 heteroatoms. The Morgan fingerprint density at radius 3 is 2.48 bits per heavy atom. The van der Waals surface area contributed by atoms with E-state index in [0.717, 1.165) is 12.0 Å². The molecule has 0 fully saturated rings. The number of rotatable bonds is 6. The van der Waals surface area contributed by atoms with Crippen molar-refractivity contribution in [2.75, 3.05) is 0 Å². The van der Waals surface area contributed by atoms with Crippen LogP contribution in [-0.2, 0) is 13.0 Å². The summed E-state index contributed by atoms with van der Waals surface area (Å²) in [5.41, 5.74) is 7.52. The van der Waals surface area contributed by atoms with Crippen molar-refractivity contribution in [1.29, 1.82) is 0 Å². The Bertz CT molecular complexity index is 609. The van der Waals surface area contributed by atoms with E-state index in [2.05, 4.69) is 0 Å². The molecular formula is C16H18N2O3. The van der Waals surface area contributed by atoms with Crippen molar-refractivity contribution < 1.29 is 9.66 Å². The number of benzene rings is 2. The lowest BCUT2D eigenvalue weighted by Gasteiger charge is -2.09. The molecule has 0 spiro atoms. The number of nitrogens with two attached hydrogens (primary N) is 1. The molecule has 1 unspecified atom stereocenters. The Kier molecular flexibility index (Phi) is 4.90. The van der Waals surface area contributed by atoms with Gasteiger partial charge < -0.3 is 10.5 Å². The highest BCUT2D eigenvalue weighted by Crippen LogP contribution is 2.20. The van der Waals surface area contributed by atoms with E-state index in [0.29, 0.717) is 11.3 Å². The number of hydrogen-bond donors (Lipinski definition) is 1. The van der Waals surface area contributed by atoms with E-state index in [9.17, 15) is 10.1 Å². The first-order valence-electron chi connectivity index (χ1n) is 6.76. The Balaban J connectivity index is 2.02. The van der Waals surface area contributed by atoms with Gasteiger partial charge in [-0.25, -0.2) is 0 Å². The van der Waals surface area contributed by atoms with Crippen LogP contribution in [0.1, 0.15) is 18.1 Å². The maximum Gasteiger partial charge on any atom is 0.276 e. The minimum absolute atomic E-state index is 0.0751. The fraction of sp³-hybridized carbons (Fsp3) is 0.250. The van der Waals surface area contributed by atoms with Crippen LogP contribution in [0, 0.1) is 10.1 Å². The number of hydrogen-bond acceptors (Lipinski definition) is 4. The average molecular weight is 286 g/mol. The van der Waals surface area contributed by atoms with Crippen molar-refractivity contribution in [3.63, 3.8) is 0 Å². The third-order valence-corrected chi connectivity index (χ3v) is 3.06. The molecule has 0 aliphatic rings. The lowest BCUT2D eigenvalue weighted by molar-refractivity contribution is -0.385. The predicted molar refractivity (Wildman–Crippen MR) is 81.2 cm³/mol. The molecule has 0 saturated carbocycles. The molecule has 110 valence electrons. The van der Waals surface area contributed by atoms with Crippen molar-refractivity contribution in [3.8, 4) is 5.75 Å². The Hall–Kier alpha value is -2.40.